The van der Waals surface area contributed by atoms with E-state index < -0.39 is 0 Å². The van der Waals surface area contributed by atoms with Gasteiger partial charge >= 0.3 is 0 Å². The average molecular weight is 259 g/mol. The van der Waals surface area contributed by atoms with Crippen molar-refractivity contribution in [1.82, 2.24) is 5.32 Å². The molecule has 0 bridgehead atoms. The molecule has 0 aliphatic heterocycles. The molecule has 1 fully saturated rings. The predicted molar refractivity (Wildman–Crippen MR) is 83.5 cm³/mol. The first-order valence-electron chi connectivity index (χ1n) is 7.97. The molecule has 1 N–H and O–H groups in total. The zero-order valence-corrected chi connectivity index (χ0v) is 12.8. The van der Waals surface area contributed by atoms with E-state index in [1.165, 1.54) is 61.6 Å². The normalized spacial score (nSPS) is 19.7. The number of nitrogens with one attached hydrogen (secondary N) is 1. The first kappa shape index (κ1) is 14.6. The zero-order valence-electron chi connectivity index (χ0n) is 12.8. The van der Waals surface area contributed by atoms with Gasteiger partial charge < -0.3 is 5.32 Å². The van der Waals surface area contributed by atoms with Crippen LogP contribution in [-0.4, -0.2) is 7.05 Å². The van der Waals surface area contributed by atoms with Crippen molar-refractivity contribution < 1.29 is 0 Å². The fourth-order valence-corrected chi connectivity index (χ4v) is 3.58. The van der Waals surface area contributed by atoms with E-state index in [0.29, 0.717) is 6.04 Å². The second kappa shape index (κ2) is 7.09. The van der Waals surface area contributed by atoms with Crippen LogP contribution in [0.3, 0.4) is 0 Å². The second-order valence-corrected chi connectivity index (χ2v) is 6.16. The summed E-state index contributed by atoms with van der Waals surface area (Å²) in [5.41, 5.74) is 4.42. The summed E-state index contributed by atoms with van der Waals surface area (Å²) in [7, 11) is 2.13. The van der Waals surface area contributed by atoms with Gasteiger partial charge in [0.2, 0.25) is 0 Å². The maximum absolute atomic E-state index is 3.60. The fourth-order valence-electron chi connectivity index (χ4n) is 3.58. The molecule has 0 aromatic heterocycles. The summed E-state index contributed by atoms with van der Waals surface area (Å²) in [6.07, 6.45) is 9.90. The Kier molecular flexibility index (Phi) is 5.45. The molecule has 1 aromatic rings. The van der Waals surface area contributed by atoms with Crippen molar-refractivity contribution in [3.05, 3.63) is 34.9 Å². The summed E-state index contributed by atoms with van der Waals surface area (Å²) in [5.74, 6) is 0.811. The van der Waals surface area contributed by atoms with E-state index in [2.05, 4.69) is 44.4 Å². The van der Waals surface area contributed by atoms with Crippen molar-refractivity contribution >= 4 is 0 Å². The van der Waals surface area contributed by atoms with Crippen molar-refractivity contribution in [1.29, 1.82) is 0 Å². The van der Waals surface area contributed by atoms with E-state index in [1.807, 2.05) is 0 Å². The first-order valence-corrected chi connectivity index (χ1v) is 7.97. The summed E-state index contributed by atoms with van der Waals surface area (Å²) in [6, 6.07) is 7.30. The Morgan fingerprint density at radius 2 is 1.63 bits per heavy atom. The molecule has 0 heterocycles. The lowest BCUT2D eigenvalue weighted by Crippen LogP contribution is -2.27. The maximum Gasteiger partial charge on any atom is 0.0348 e. The summed E-state index contributed by atoms with van der Waals surface area (Å²) in [4.78, 5) is 0. The van der Waals surface area contributed by atoms with Crippen LogP contribution in [0.2, 0.25) is 0 Å². The predicted octanol–water partition coefficient (Wildman–Crippen LogP) is 4.92. The number of benzene rings is 1. The number of hydrogen-bond acceptors (Lipinski definition) is 1. The monoisotopic (exact) mass is 259 g/mol. The number of rotatable bonds is 3. The van der Waals surface area contributed by atoms with E-state index >= 15 is 0 Å². The third-order valence-corrected chi connectivity index (χ3v) is 4.91. The van der Waals surface area contributed by atoms with Gasteiger partial charge in [-0.3, -0.25) is 0 Å². The number of aryl methyl sites for hydroxylation is 1. The van der Waals surface area contributed by atoms with Crippen LogP contribution in [0.1, 0.15) is 67.7 Å². The van der Waals surface area contributed by atoms with Gasteiger partial charge in [-0.1, -0.05) is 50.3 Å². The Balaban J connectivity index is 2.19. The van der Waals surface area contributed by atoms with E-state index in [1.54, 1.807) is 0 Å². The van der Waals surface area contributed by atoms with E-state index in [4.69, 9.17) is 0 Å². The molecule has 1 saturated carbocycles. The minimum absolute atomic E-state index is 0.540. The third-order valence-electron chi connectivity index (χ3n) is 4.91. The van der Waals surface area contributed by atoms with Crippen molar-refractivity contribution in [2.45, 2.75) is 64.8 Å². The largest absolute Gasteiger partial charge is 0.313 e. The molecule has 1 aliphatic carbocycles. The van der Waals surface area contributed by atoms with Gasteiger partial charge in [-0.25, -0.2) is 0 Å². The molecule has 1 atom stereocenters. The standard InChI is InChI=1S/C18H29N/c1-14-10-9-13-17(15(14)2)18(19-3)16-11-7-5-4-6-8-12-16/h9-10,13,16,18-19H,4-8,11-12H2,1-3H3. The topological polar surface area (TPSA) is 12.0 Å². The van der Waals surface area contributed by atoms with Crippen LogP contribution < -0.4 is 5.32 Å². The molecule has 1 aromatic carbocycles. The Hall–Kier alpha value is -0.820. The lowest BCUT2D eigenvalue weighted by molar-refractivity contribution is 0.299. The second-order valence-electron chi connectivity index (χ2n) is 6.16. The molecular formula is C18H29N. The summed E-state index contributed by atoms with van der Waals surface area (Å²) < 4.78 is 0. The van der Waals surface area contributed by atoms with Crippen molar-refractivity contribution in [2.75, 3.05) is 7.05 Å². The first-order chi connectivity index (χ1) is 9.24. The number of hydrogen-bond donors (Lipinski definition) is 1. The molecule has 1 unspecified atom stereocenters. The molecule has 106 valence electrons. The Morgan fingerprint density at radius 3 is 2.26 bits per heavy atom. The Morgan fingerprint density at radius 1 is 1.00 bits per heavy atom. The highest BCUT2D eigenvalue weighted by molar-refractivity contribution is 5.35. The van der Waals surface area contributed by atoms with Crippen molar-refractivity contribution in [3.63, 3.8) is 0 Å². The summed E-state index contributed by atoms with van der Waals surface area (Å²) in [5, 5.41) is 3.60. The highest BCUT2D eigenvalue weighted by Gasteiger charge is 2.23. The van der Waals surface area contributed by atoms with Gasteiger partial charge in [0.05, 0.1) is 0 Å². The van der Waals surface area contributed by atoms with Crippen LogP contribution in [0, 0.1) is 19.8 Å². The van der Waals surface area contributed by atoms with Crippen LogP contribution in [0.4, 0.5) is 0 Å². The van der Waals surface area contributed by atoms with Gasteiger partial charge in [0, 0.05) is 6.04 Å². The van der Waals surface area contributed by atoms with Crippen LogP contribution in [0.5, 0.6) is 0 Å². The smallest absolute Gasteiger partial charge is 0.0348 e. The van der Waals surface area contributed by atoms with Crippen molar-refractivity contribution in [2.24, 2.45) is 5.92 Å². The van der Waals surface area contributed by atoms with E-state index in [0.717, 1.165) is 5.92 Å². The van der Waals surface area contributed by atoms with Gasteiger partial charge in [0.1, 0.15) is 0 Å². The average Bonchev–Trinajstić information content (AvgIpc) is 2.37. The lowest BCUT2D eigenvalue weighted by Gasteiger charge is -2.30. The summed E-state index contributed by atoms with van der Waals surface area (Å²) in [6.45, 7) is 4.50. The highest BCUT2D eigenvalue weighted by atomic mass is 14.9. The van der Waals surface area contributed by atoms with Gasteiger partial charge in [0.25, 0.3) is 0 Å². The SMILES string of the molecule is CNC(c1cccc(C)c1C)C1CCCCCCC1. The van der Waals surface area contributed by atoms with Crippen molar-refractivity contribution in [3.8, 4) is 0 Å². The molecule has 1 aliphatic rings. The zero-order chi connectivity index (χ0) is 13.7. The Bertz CT molecular complexity index is 389. The third kappa shape index (κ3) is 3.60. The van der Waals surface area contributed by atoms with Gasteiger partial charge in [-0.2, -0.15) is 0 Å². The highest BCUT2D eigenvalue weighted by Crippen LogP contribution is 2.34. The van der Waals surface area contributed by atoms with E-state index in [9.17, 15) is 0 Å². The maximum atomic E-state index is 3.60. The molecule has 0 amide bonds. The molecule has 1 heteroatoms. The lowest BCUT2D eigenvalue weighted by atomic mass is 9.81. The minimum Gasteiger partial charge on any atom is -0.313 e. The van der Waals surface area contributed by atoms with Crippen LogP contribution >= 0.6 is 0 Å². The van der Waals surface area contributed by atoms with Crippen LogP contribution in [0.15, 0.2) is 18.2 Å². The molecular weight excluding hydrogens is 230 g/mol. The Labute approximate surface area is 118 Å². The van der Waals surface area contributed by atoms with Crippen LogP contribution in [0.25, 0.3) is 0 Å². The molecule has 2 rings (SSSR count). The fraction of sp³-hybridized carbons (Fsp3) is 0.667. The van der Waals surface area contributed by atoms with E-state index in [-0.39, 0.29) is 0 Å². The minimum atomic E-state index is 0.540. The molecule has 0 spiro atoms. The quantitative estimate of drug-likeness (QED) is 0.812. The summed E-state index contributed by atoms with van der Waals surface area (Å²) >= 11 is 0. The molecule has 0 saturated heterocycles. The van der Waals surface area contributed by atoms with Crippen LogP contribution in [-0.2, 0) is 0 Å². The van der Waals surface area contributed by atoms with Gasteiger partial charge in [-0.15, -0.1) is 0 Å². The molecule has 0 radical (unpaired) electrons. The molecule has 1 nitrogen and oxygen atoms in total. The van der Waals surface area contributed by atoms with Gasteiger partial charge in [-0.05, 0) is 56.3 Å². The molecule has 19 heavy (non-hydrogen) atoms. The van der Waals surface area contributed by atoms with Gasteiger partial charge in [0.15, 0.2) is 0 Å².